The Morgan fingerprint density at radius 2 is 1.90 bits per heavy atom. The second-order valence-corrected chi connectivity index (χ2v) is 6.01. The van der Waals surface area contributed by atoms with Gasteiger partial charge < -0.3 is 10.0 Å². The minimum atomic E-state index is -0.131. The van der Waals surface area contributed by atoms with Crippen LogP contribution in [-0.2, 0) is 6.54 Å². The van der Waals surface area contributed by atoms with Crippen molar-refractivity contribution in [3.63, 3.8) is 0 Å². The van der Waals surface area contributed by atoms with Crippen LogP contribution < -0.4 is 0 Å². The molecule has 110 valence electrons. The summed E-state index contributed by atoms with van der Waals surface area (Å²) in [6.45, 7) is 8.66. The van der Waals surface area contributed by atoms with Gasteiger partial charge in [-0.15, -0.1) is 0 Å². The highest BCUT2D eigenvalue weighted by Gasteiger charge is 2.23. The fourth-order valence-corrected chi connectivity index (χ4v) is 2.81. The van der Waals surface area contributed by atoms with Gasteiger partial charge in [0.2, 0.25) is 0 Å². The lowest BCUT2D eigenvalue weighted by Gasteiger charge is -2.35. The second kappa shape index (κ2) is 5.51. The number of aliphatic hydroxyl groups excluding tert-OH is 1. The van der Waals surface area contributed by atoms with Gasteiger partial charge in [0, 0.05) is 38.6 Å². The van der Waals surface area contributed by atoms with E-state index in [4.69, 9.17) is 0 Å². The predicted octanol–water partition coefficient (Wildman–Crippen LogP) is 2.61. The Hall–Kier alpha value is -1.84. The fourth-order valence-electron chi connectivity index (χ4n) is 2.81. The molecule has 0 bridgehead atoms. The van der Waals surface area contributed by atoms with E-state index in [-0.39, 0.29) is 6.10 Å². The van der Waals surface area contributed by atoms with Crippen LogP contribution >= 0.6 is 0 Å². The number of benzene rings is 1. The molecule has 0 spiro atoms. The molecule has 1 saturated heterocycles. The van der Waals surface area contributed by atoms with Crippen molar-refractivity contribution < 1.29 is 5.11 Å². The van der Waals surface area contributed by atoms with Crippen molar-refractivity contribution in [2.75, 3.05) is 20.1 Å². The van der Waals surface area contributed by atoms with Crippen LogP contribution in [0.15, 0.2) is 54.4 Å². The molecular weight excluding hydrogens is 260 g/mol. The van der Waals surface area contributed by atoms with Gasteiger partial charge in [-0.2, -0.15) is 0 Å². The standard InChI is InChI=1S/C18H22N2O/c1-13-8-17(10-19(3)14(13)2)16-6-4-15(5-7-16)9-20-11-18(21)12-20/h4-8,10,18,21H,2,9,11-12H2,1,3H3. The van der Waals surface area contributed by atoms with Crippen molar-refractivity contribution in [2.45, 2.75) is 19.6 Å². The van der Waals surface area contributed by atoms with Gasteiger partial charge in [0.1, 0.15) is 0 Å². The van der Waals surface area contributed by atoms with Gasteiger partial charge in [0.25, 0.3) is 0 Å². The number of aliphatic hydroxyl groups is 1. The Kier molecular flexibility index (Phi) is 3.70. The molecule has 3 rings (SSSR count). The van der Waals surface area contributed by atoms with Gasteiger partial charge in [0.05, 0.1) is 6.10 Å². The summed E-state index contributed by atoms with van der Waals surface area (Å²) in [5.41, 5.74) is 5.98. The molecule has 21 heavy (non-hydrogen) atoms. The van der Waals surface area contributed by atoms with E-state index in [1.54, 1.807) is 0 Å². The maximum absolute atomic E-state index is 9.31. The van der Waals surface area contributed by atoms with Gasteiger partial charge in [-0.25, -0.2) is 0 Å². The van der Waals surface area contributed by atoms with Crippen molar-refractivity contribution in [1.29, 1.82) is 0 Å². The highest BCUT2D eigenvalue weighted by Crippen LogP contribution is 2.27. The summed E-state index contributed by atoms with van der Waals surface area (Å²) >= 11 is 0. The van der Waals surface area contributed by atoms with Gasteiger partial charge in [0.15, 0.2) is 0 Å². The molecule has 3 heteroatoms. The van der Waals surface area contributed by atoms with E-state index in [1.165, 1.54) is 22.3 Å². The number of rotatable bonds is 3. The van der Waals surface area contributed by atoms with Crippen LogP contribution in [0.3, 0.4) is 0 Å². The molecule has 2 aliphatic heterocycles. The molecule has 0 aromatic heterocycles. The fraction of sp³-hybridized carbons (Fsp3) is 0.333. The molecule has 2 aliphatic rings. The van der Waals surface area contributed by atoms with E-state index in [0.29, 0.717) is 0 Å². The van der Waals surface area contributed by atoms with Crippen LogP contribution in [0, 0.1) is 0 Å². The maximum Gasteiger partial charge on any atom is 0.0794 e. The zero-order valence-electron chi connectivity index (χ0n) is 12.7. The number of likely N-dealkylation sites (N-methyl/N-ethyl adjacent to an activating group) is 1. The molecule has 3 nitrogen and oxygen atoms in total. The smallest absolute Gasteiger partial charge is 0.0794 e. The summed E-state index contributed by atoms with van der Waals surface area (Å²) in [6, 6.07) is 8.69. The molecule has 1 aromatic rings. The zero-order valence-corrected chi connectivity index (χ0v) is 12.7. The van der Waals surface area contributed by atoms with E-state index in [2.05, 4.69) is 59.8 Å². The first kappa shape index (κ1) is 14.1. The molecule has 1 N–H and O–H groups in total. The molecule has 1 aromatic carbocycles. The number of likely N-dealkylation sites (tertiary alicyclic amines) is 1. The lowest BCUT2D eigenvalue weighted by atomic mass is 9.98. The SMILES string of the molecule is C=C1C(C)=CC(c2ccc(CN3CC(O)C3)cc2)=CN1C. The molecule has 1 fully saturated rings. The Labute approximate surface area is 126 Å². The average Bonchev–Trinajstić information content (AvgIpc) is 2.43. The Morgan fingerprint density at radius 3 is 2.48 bits per heavy atom. The largest absolute Gasteiger partial charge is 0.390 e. The van der Waals surface area contributed by atoms with Crippen LogP contribution in [0.25, 0.3) is 5.57 Å². The molecule has 0 radical (unpaired) electrons. The number of hydrogen-bond donors (Lipinski definition) is 1. The number of nitrogens with zero attached hydrogens (tertiary/aromatic N) is 2. The Bertz CT molecular complexity index is 607. The van der Waals surface area contributed by atoms with Crippen LogP contribution in [0.1, 0.15) is 18.1 Å². The lowest BCUT2D eigenvalue weighted by Crippen LogP contribution is -2.49. The van der Waals surface area contributed by atoms with Crippen molar-refractivity contribution in [3.8, 4) is 0 Å². The minimum Gasteiger partial charge on any atom is -0.390 e. The van der Waals surface area contributed by atoms with Crippen molar-refractivity contribution in [2.24, 2.45) is 0 Å². The normalized spacial score (nSPS) is 20.1. The van der Waals surface area contributed by atoms with E-state index in [0.717, 1.165) is 25.3 Å². The summed E-state index contributed by atoms with van der Waals surface area (Å²) in [5.74, 6) is 0. The third kappa shape index (κ3) is 2.94. The first-order chi connectivity index (χ1) is 10.0. The quantitative estimate of drug-likeness (QED) is 0.923. The third-order valence-electron chi connectivity index (χ3n) is 4.22. The first-order valence-corrected chi connectivity index (χ1v) is 7.35. The molecule has 0 amide bonds. The van der Waals surface area contributed by atoms with Gasteiger partial charge >= 0.3 is 0 Å². The van der Waals surface area contributed by atoms with Crippen LogP contribution in [0.5, 0.6) is 0 Å². The second-order valence-electron chi connectivity index (χ2n) is 6.01. The van der Waals surface area contributed by atoms with E-state index in [9.17, 15) is 5.11 Å². The predicted molar refractivity (Wildman–Crippen MR) is 86.4 cm³/mol. The van der Waals surface area contributed by atoms with Crippen molar-refractivity contribution in [1.82, 2.24) is 9.80 Å². The molecule has 2 heterocycles. The Morgan fingerprint density at radius 1 is 1.24 bits per heavy atom. The van der Waals surface area contributed by atoms with Gasteiger partial charge in [-0.05, 0) is 35.3 Å². The van der Waals surface area contributed by atoms with Gasteiger partial charge in [-0.1, -0.05) is 30.8 Å². The summed E-state index contributed by atoms with van der Waals surface area (Å²) in [5, 5.41) is 9.31. The third-order valence-corrected chi connectivity index (χ3v) is 4.22. The highest BCUT2D eigenvalue weighted by molar-refractivity contribution is 5.77. The van der Waals surface area contributed by atoms with Crippen LogP contribution in [-0.4, -0.2) is 41.1 Å². The number of β-amino-alcohol motifs (C(OH)–C–C–N with tert-alkyl or cyclic N) is 1. The number of hydrogen-bond acceptors (Lipinski definition) is 3. The number of allylic oxidation sites excluding steroid dienone is 3. The van der Waals surface area contributed by atoms with Crippen LogP contribution in [0.2, 0.25) is 0 Å². The lowest BCUT2D eigenvalue weighted by molar-refractivity contribution is -0.00286. The maximum atomic E-state index is 9.31. The highest BCUT2D eigenvalue weighted by atomic mass is 16.3. The first-order valence-electron chi connectivity index (χ1n) is 7.35. The average molecular weight is 282 g/mol. The topological polar surface area (TPSA) is 26.7 Å². The molecule has 0 unspecified atom stereocenters. The summed E-state index contributed by atoms with van der Waals surface area (Å²) in [4.78, 5) is 4.32. The van der Waals surface area contributed by atoms with E-state index < -0.39 is 0 Å². The monoisotopic (exact) mass is 282 g/mol. The van der Waals surface area contributed by atoms with Crippen molar-refractivity contribution >= 4 is 5.57 Å². The summed E-state index contributed by atoms with van der Waals surface area (Å²) in [7, 11) is 2.03. The van der Waals surface area contributed by atoms with Crippen molar-refractivity contribution in [3.05, 3.63) is 65.5 Å². The van der Waals surface area contributed by atoms with E-state index >= 15 is 0 Å². The van der Waals surface area contributed by atoms with E-state index in [1.807, 2.05) is 7.05 Å². The molecule has 0 aliphatic carbocycles. The van der Waals surface area contributed by atoms with Crippen LogP contribution in [0.4, 0.5) is 0 Å². The molecule has 0 saturated carbocycles. The van der Waals surface area contributed by atoms with Gasteiger partial charge in [-0.3, -0.25) is 4.90 Å². The molecular formula is C18H22N2O. The summed E-state index contributed by atoms with van der Waals surface area (Å²) in [6.07, 6.45) is 4.17. The molecule has 0 atom stereocenters. The zero-order chi connectivity index (χ0) is 15.0. The Balaban J connectivity index is 1.72. The minimum absolute atomic E-state index is 0.131. The summed E-state index contributed by atoms with van der Waals surface area (Å²) < 4.78 is 0.